The highest BCUT2D eigenvalue weighted by Crippen LogP contribution is 2.32. The molecule has 72 valence electrons. The maximum atomic E-state index is 11.4. The third kappa shape index (κ3) is 2.34. The zero-order valence-electron chi connectivity index (χ0n) is 7.01. The molecule has 1 heterocycles. The fraction of sp³-hybridized carbons (Fsp3) is 0.286. The van der Waals surface area contributed by atoms with Crippen LogP contribution >= 0.6 is 34.5 Å². The smallest absolute Gasteiger partial charge is 0.274 e. The van der Waals surface area contributed by atoms with Crippen molar-refractivity contribution in [2.24, 2.45) is 0 Å². The van der Waals surface area contributed by atoms with Gasteiger partial charge in [0, 0.05) is 7.05 Å². The predicted octanol–water partition coefficient (Wildman–Crippen LogP) is 2.69. The number of thiophene rings is 1. The maximum Gasteiger partial charge on any atom is 0.287 e. The number of nitrogens with zero attached hydrogens (tertiary/aromatic N) is 1. The molecule has 0 aliphatic rings. The van der Waals surface area contributed by atoms with Crippen LogP contribution in [0.1, 0.15) is 9.67 Å². The minimum Gasteiger partial charge on any atom is -0.274 e. The maximum absolute atomic E-state index is 11.4. The molecule has 1 amide bonds. The van der Waals surface area contributed by atoms with Crippen LogP contribution in [0, 0.1) is 0 Å². The molecule has 6 heteroatoms. The standard InChI is InChI=1S/C7H7Cl2NO2S/c1-10(12-2)7(11)5-3-4(8)6(9)13-5/h3H,1-2H3. The molecule has 0 saturated heterocycles. The molecule has 0 aliphatic carbocycles. The summed E-state index contributed by atoms with van der Waals surface area (Å²) in [5, 5.41) is 1.50. The van der Waals surface area contributed by atoms with Gasteiger partial charge < -0.3 is 0 Å². The first-order valence-corrected chi connectivity index (χ1v) is 4.90. The minimum atomic E-state index is -0.263. The number of halogens is 2. The van der Waals surface area contributed by atoms with E-state index in [9.17, 15) is 4.79 Å². The van der Waals surface area contributed by atoms with E-state index in [2.05, 4.69) is 0 Å². The van der Waals surface area contributed by atoms with Gasteiger partial charge in [-0.25, -0.2) is 5.06 Å². The number of hydrogen-bond acceptors (Lipinski definition) is 3. The van der Waals surface area contributed by atoms with Crippen LogP contribution in [0.2, 0.25) is 9.36 Å². The van der Waals surface area contributed by atoms with E-state index in [-0.39, 0.29) is 5.91 Å². The number of hydroxylamine groups is 2. The number of amides is 1. The molecule has 1 aromatic heterocycles. The Morgan fingerprint density at radius 3 is 2.62 bits per heavy atom. The van der Waals surface area contributed by atoms with Gasteiger partial charge in [-0.3, -0.25) is 9.63 Å². The summed E-state index contributed by atoms with van der Waals surface area (Å²) in [7, 11) is 2.93. The highest BCUT2D eigenvalue weighted by Gasteiger charge is 2.15. The van der Waals surface area contributed by atoms with E-state index in [4.69, 9.17) is 28.0 Å². The molecule has 0 spiro atoms. The molecular formula is C7H7Cl2NO2S. The highest BCUT2D eigenvalue weighted by atomic mass is 35.5. The Kier molecular flexibility index (Phi) is 3.55. The normalized spacial score (nSPS) is 10.2. The number of carbonyl (C=O) groups excluding carboxylic acids is 1. The first-order chi connectivity index (χ1) is 6.06. The molecule has 1 aromatic rings. The van der Waals surface area contributed by atoms with Gasteiger partial charge in [-0.2, -0.15) is 0 Å². The molecule has 0 bridgehead atoms. The lowest BCUT2D eigenvalue weighted by Gasteiger charge is -2.11. The van der Waals surface area contributed by atoms with Crippen LogP contribution in [0.15, 0.2) is 6.07 Å². The molecule has 0 radical (unpaired) electrons. The molecular weight excluding hydrogens is 233 g/mol. The summed E-state index contributed by atoms with van der Waals surface area (Å²) in [5.74, 6) is -0.263. The summed E-state index contributed by atoms with van der Waals surface area (Å²) >= 11 is 12.5. The predicted molar refractivity (Wildman–Crippen MR) is 53.4 cm³/mol. The van der Waals surface area contributed by atoms with Crippen LogP contribution in [0.25, 0.3) is 0 Å². The van der Waals surface area contributed by atoms with Crippen LogP contribution in [0.5, 0.6) is 0 Å². The molecule has 0 saturated carbocycles. The van der Waals surface area contributed by atoms with Crippen molar-refractivity contribution in [3.05, 3.63) is 20.3 Å². The molecule has 1 rings (SSSR count). The zero-order valence-corrected chi connectivity index (χ0v) is 9.33. The second-order valence-corrected chi connectivity index (χ2v) is 4.28. The molecule has 0 atom stereocenters. The summed E-state index contributed by atoms with van der Waals surface area (Å²) in [4.78, 5) is 16.6. The summed E-state index contributed by atoms with van der Waals surface area (Å²) < 4.78 is 0.412. The molecule has 0 aliphatic heterocycles. The Hall–Kier alpha value is -0.290. The van der Waals surface area contributed by atoms with Crippen LogP contribution in [-0.4, -0.2) is 25.1 Å². The van der Waals surface area contributed by atoms with Crippen molar-refractivity contribution in [2.75, 3.05) is 14.2 Å². The van der Waals surface area contributed by atoms with Gasteiger partial charge >= 0.3 is 0 Å². The van der Waals surface area contributed by atoms with E-state index in [1.807, 2.05) is 0 Å². The van der Waals surface area contributed by atoms with Crippen LogP contribution < -0.4 is 0 Å². The third-order valence-electron chi connectivity index (χ3n) is 1.42. The Morgan fingerprint density at radius 2 is 2.23 bits per heavy atom. The second kappa shape index (κ2) is 4.28. The van der Waals surface area contributed by atoms with Crippen LogP contribution in [0.4, 0.5) is 0 Å². The average Bonchev–Trinajstić information content (AvgIpc) is 2.44. The van der Waals surface area contributed by atoms with E-state index >= 15 is 0 Å². The van der Waals surface area contributed by atoms with Gasteiger partial charge in [-0.05, 0) is 6.07 Å². The summed E-state index contributed by atoms with van der Waals surface area (Å²) in [6.45, 7) is 0. The number of carbonyl (C=O) groups is 1. The van der Waals surface area contributed by atoms with Gasteiger partial charge in [0.1, 0.15) is 4.34 Å². The molecule has 0 unspecified atom stereocenters. The lowest BCUT2D eigenvalue weighted by Crippen LogP contribution is -2.24. The Balaban J connectivity index is 2.89. The van der Waals surface area contributed by atoms with Crippen LogP contribution in [-0.2, 0) is 4.84 Å². The van der Waals surface area contributed by atoms with Crippen molar-refractivity contribution >= 4 is 40.4 Å². The van der Waals surface area contributed by atoms with E-state index in [1.165, 1.54) is 20.2 Å². The summed E-state index contributed by atoms with van der Waals surface area (Å²) in [5.41, 5.74) is 0. The Morgan fingerprint density at radius 1 is 1.62 bits per heavy atom. The molecule has 3 nitrogen and oxygen atoms in total. The topological polar surface area (TPSA) is 29.5 Å². The molecule has 0 aromatic carbocycles. The quantitative estimate of drug-likeness (QED) is 0.744. The number of rotatable bonds is 2. The molecule has 0 fully saturated rings. The zero-order chi connectivity index (χ0) is 10.0. The molecule has 13 heavy (non-hydrogen) atoms. The van der Waals surface area contributed by atoms with Crippen molar-refractivity contribution in [2.45, 2.75) is 0 Å². The van der Waals surface area contributed by atoms with Crippen molar-refractivity contribution in [3.8, 4) is 0 Å². The van der Waals surface area contributed by atoms with Gasteiger partial charge in [0.05, 0.1) is 17.0 Å². The van der Waals surface area contributed by atoms with Crippen molar-refractivity contribution in [1.82, 2.24) is 5.06 Å². The van der Waals surface area contributed by atoms with Crippen molar-refractivity contribution in [1.29, 1.82) is 0 Å². The average molecular weight is 240 g/mol. The fourth-order valence-corrected chi connectivity index (χ4v) is 2.03. The first kappa shape index (κ1) is 10.8. The van der Waals surface area contributed by atoms with Crippen molar-refractivity contribution in [3.63, 3.8) is 0 Å². The van der Waals surface area contributed by atoms with Gasteiger partial charge in [0.15, 0.2) is 0 Å². The third-order valence-corrected chi connectivity index (χ3v) is 3.27. The Labute approximate surface area is 89.8 Å². The highest BCUT2D eigenvalue weighted by molar-refractivity contribution is 7.18. The van der Waals surface area contributed by atoms with E-state index in [1.54, 1.807) is 0 Å². The lowest BCUT2D eigenvalue weighted by atomic mass is 10.4. The largest absolute Gasteiger partial charge is 0.287 e. The van der Waals surface area contributed by atoms with Crippen molar-refractivity contribution < 1.29 is 9.63 Å². The van der Waals surface area contributed by atoms with Gasteiger partial charge in [0.25, 0.3) is 5.91 Å². The molecule has 0 N–H and O–H groups in total. The van der Waals surface area contributed by atoms with E-state index in [0.717, 1.165) is 16.4 Å². The fourth-order valence-electron chi connectivity index (χ4n) is 0.690. The minimum absolute atomic E-state index is 0.263. The van der Waals surface area contributed by atoms with E-state index < -0.39 is 0 Å². The Bertz CT molecular complexity index is 307. The summed E-state index contributed by atoms with van der Waals surface area (Å²) in [6.07, 6.45) is 0. The van der Waals surface area contributed by atoms with Crippen LogP contribution in [0.3, 0.4) is 0 Å². The van der Waals surface area contributed by atoms with Gasteiger partial charge in [0.2, 0.25) is 0 Å². The monoisotopic (exact) mass is 239 g/mol. The summed E-state index contributed by atoms with van der Waals surface area (Å²) in [6, 6.07) is 1.52. The lowest BCUT2D eigenvalue weighted by molar-refractivity contribution is -0.0753. The SMILES string of the molecule is CON(C)C(=O)c1cc(Cl)c(Cl)s1. The van der Waals surface area contributed by atoms with E-state index in [0.29, 0.717) is 14.2 Å². The number of hydrogen-bond donors (Lipinski definition) is 0. The first-order valence-electron chi connectivity index (χ1n) is 3.33. The van der Waals surface area contributed by atoms with Gasteiger partial charge in [-0.15, -0.1) is 11.3 Å². The second-order valence-electron chi connectivity index (χ2n) is 2.22. The van der Waals surface area contributed by atoms with Gasteiger partial charge in [-0.1, -0.05) is 23.2 Å².